The molecule has 0 spiro atoms. The summed E-state index contributed by atoms with van der Waals surface area (Å²) in [5, 5.41) is 5.99. The van der Waals surface area contributed by atoms with Gasteiger partial charge < -0.3 is 5.32 Å². The van der Waals surface area contributed by atoms with Crippen LogP contribution in [0.4, 0.5) is 18.9 Å². The van der Waals surface area contributed by atoms with Crippen molar-refractivity contribution in [3.63, 3.8) is 0 Å². The van der Waals surface area contributed by atoms with Crippen molar-refractivity contribution in [3.05, 3.63) is 50.6 Å². The average Bonchev–Trinajstić information content (AvgIpc) is 2.80. The highest BCUT2D eigenvalue weighted by molar-refractivity contribution is 9.10. The molecule has 0 unspecified atom stereocenters. The van der Waals surface area contributed by atoms with Gasteiger partial charge in [-0.1, -0.05) is 0 Å². The second kappa shape index (κ2) is 5.34. The molecule has 0 aliphatic carbocycles. The van der Waals surface area contributed by atoms with Gasteiger partial charge in [-0.3, -0.25) is 4.79 Å². The van der Waals surface area contributed by atoms with Crippen LogP contribution < -0.4 is 5.32 Å². The van der Waals surface area contributed by atoms with Crippen LogP contribution in [-0.4, -0.2) is 5.91 Å². The predicted molar refractivity (Wildman–Crippen MR) is 71.4 cm³/mol. The van der Waals surface area contributed by atoms with Gasteiger partial charge in [-0.25, -0.2) is 0 Å². The second-order valence-corrected chi connectivity index (χ2v) is 5.29. The molecule has 0 aliphatic heterocycles. The fraction of sp³-hybridized carbons (Fsp3) is 0.0833. The molecule has 2 aromatic rings. The third-order valence-corrected chi connectivity index (χ3v) is 3.69. The summed E-state index contributed by atoms with van der Waals surface area (Å²) in [6.45, 7) is 0. The van der Waals surface area contributed by atoms with Crippen molar-refractivity contribution < 1.29 is 18.0 Å². The minimum absolute atomic E-state index is 0.0546. The fourth-order valence-electron chi connectivity index (χ4n) is 1.41. The van der Waals surface area contributed by atoms with Gasteiger partial charge in [0.2, 0.25) is 0 Å². The Balaban J connectivity index is 2.31. The Morgan fingerprint density at radius 3 is 2.58 bits per heavy atom. The number of thiophene rings is 1. The van der Waals surface area contributed by atoms with Crippen molar-refractivity contribution in [3.8, 4) is 0 Å². The molecule has 7 heteroatoms. The van der Waals surface area contributed by atoms with E-state index in [1.165, 1.54) is 17.4 Å². The number of amides is 1. The van der Waals surface area contributed by atoms with E-state index in [-0.39, 0.29) is 5.56 Å². The van der Waals surface area contributed by atoms with Gasteiger partial charge in [0.1, 0.15) is 0 Å². The van der Waals surface area contributed by atoms with Crippen molar-refractivity contribution in [2.24, 2.45) is 0 Å². The fourth-order valence-corrected chi connectivity index (χ4v) is 2.42. The molecule has 0 aliphatic rings. The molecule has 0 bridgehead atoms. The van der Waals surface area contributed by atoms with Gasteiger partial charge in [0, 0.05) is 9.85 Å². The Kier molecular flexibility index (Phi) is 3.96. The van der Waals surface area contributed by atoms with Crippen molar-refractivity contribution in [2.75, 3.05) is 5.32 Å². The van der Waals surface area contributed by atoms with Crippen LogP contribution in [0.3, 0.4) is 0 Å². The van der Waals surface area contributed by atoms with Crippen molar-refractivity contribution in [1.82, 2.24) is 0 Å². The van der Waals surface area contributed by atoms with Crippen LogP contribution >= 0.6 is 27.3 Å². The molecule has 2 nitrogen and oxygen atoms in total. The smallest absolute Gasteiger partial charge is 0.321 e. The van der Waals surface area contributed by atoms with Gasteiger partial charge in [-0.15, -0.1) is 0 Å². The van der Waals surface area contributed by atoms with Crippen LogP contribution in [0.25, 0.3) is 0 Å². The Morgan fingerprint density at radius 2 is 2.00 bits per heavy atom. The van der Waals surface area contributed by atoms with E-state index in [9.17, 15) is 18.0 Å². The molecule has 0 fully saturated rings. The maximum absolute atomic E-state index is 12.6. The second-order valence-electron chi connectivity index (χ2n) is 3.66. The van der Waals surface area contributed by atoms with Crippen LogP contribution in [0.1, 0.15) is 15.9 Å². The summed E-state index contributed by atoms with van der Waals surface area (Å²) in [5.41, 5.74) is -0.355. The lowest BCUT2D eigenvalue weighted by atomic mass is 10.1. The Morgan fingerprint density at radius 1 is 1.26 bits per heavy atom. The first kappa shape index (κ1) is 14.1. The summed E-state index contributed by atoms with van der Waals surface area (Å²) in [7, 11) is 0. The van der Waals surface area contributed by atoms with Gasteiger partial charge in [-0.05, 0) is 45.6 Å². The van der Waals surface area contributed by atoms with E-state index in [0.717, 1.165) is 12.1 Å². The first-order chi connectivity index (χ1) is 8.88. The lowest BCUT2D eigenvalue weighted by Crippen LogP contribution is -2.14. The lowest BCUT2D eigenvalue weighted by molar-refractivity contribution is -0.137. The van der Waals surface area contributed by atoms with E-state index in [4.69, 9.17) is 0 Å². The third kappa shape index (κ3) is 3.36. The number of carbonyl (C=O) groups is 1. The zero-order chi connectivity index (χ0) is 14.0. The van der Waals surface area contributed by atoms with Crippen molar-refractivity contribution in [2.45, 2.75) is 6.18 Å². The van der Waals surface area contributed by atoms with Gasteiger partial charge in [-0.2, -0.15) is 24.5 Å². The molecule has 0 atom stereocenters. The van der Waals surface area contributed by atoms with Crippen LogP contribution in [-0.2, 0) is 6.18 Å². The highest BCUT2D eigenvalue weighted by atomic mass is 79.9. The molecule has 0 saturated heterocycles. The number of alkyl halides is 3. The molecule has 19 heavy (non-hydrogen) atoms. The Hall–Kier alpha value is -1.34. The number of nitrogens with one attached hydrogen (secondary N) is 1. The molecule has 1 aromatic heterocycles. The van der Waals surface area contributed by atoms with E-state index in [0.29, 0.717) is 10.2 Å². The zero-order valence-corrected chi connectivity index (χ0v) is 11.7. The monoisotopic (exact) mass is 349 g/mol. The average molecular weight is 350 g/mol. The number of halogens is 4. The van der Waals surface area contributed by atoms with Gasteiger partial charge in [0.05, 0.1) is 16.8 Å². The summed E-state index contributed by atoms with van der Waals surface area (Å²) in [6, 6.07) is 4.63. The molecule has 0 radical (unpaired) electrons. The summed E-state index contributed by atoms with van der Waals surface area (Å²) in [4.78, 5) is 11.9. The van der Waals surface area contributed by atoms with E-state index < -0.39 is 17.6 Å². The van der Waals surface area contributed by atoms with Crippen molar-refractivity contribution in [1.29, 1.82) is 0 Å². The predicted octanol–water partition coefficient (Wildman–Crippen LogP) is 4.78. The normalized spacial score (nSPS) is 11.4. The standard InChI is InChI=1S/C12H7BrF3NOS/c13-10-2-1-7(12(14,15)16)5-9(10)11(18)17-8-3-4-19-6-8/h1-6H,(H,17,18). The number of benzene rings is 1. The van der Waals surface area contributed by atoms with Crippen LogP contribution in [0, 0.1) is 0 Å². The molecule has 1 N–H and O–H groups in total. The topological polar surface area (TPSA) is 29.1 Å². The van der Waals surface area contributed by atoms with Crippen molar-refractivity contribution >= 4 is 38.9 Å². The maximum Gasteiger partial charge on any atom is 0.416 e. The number of hydrogen-bond donors (Lipinski definition) is 1. The minimum atomic E-state index is -4.47. The van der Waals surface area contributed by atoms with E-state index in [1.807, 2.05) is 0 Å². The molecule has 1 heterocycles. The summed E-state index contributed by atoms with van der Waals surface area (Å²) < 4.78 is 38.1. The summed E-state index contributed by atoms with van der Waals surface area (Å²) in [5.74, 6) is -0.587. The lowest BCUT2D eigenvalue weighted by Gasteiger charge is -2.10. The summed E-state index contributed by atoms with van der Waals surface area (Å²) in [6.07, 6.45) is -4.47. The van der Waals surface area contributed by atoms with Crippen LogP contribution in [0.15, 0.2) is 39.5 Å². The number of rotatable bonds is 2. The van der Waals surface area contributed by atoms with Gasteiger partial charge >= 0.3 is 6.18 Å². The molecule has 100 valence electrons. The SMILES string of the molecule is O=C(Nc1ccsc1)c1cc(C(F)(F)F)ccc1Br. The zero-order valence-electron chi connectivity index (χ0n) is 9.29. The van der Waals surface area contributed by atoms with Gasteiger partial charge in [0.25, 0.3) is 5.91 Å². The number of carbonyl (C=O) groups excluding carboxylic acids is 1. The first-order valence-corrected chi connectivity index (χ1v) is 6.82. The largest absolute Gasteiger partial charge is 0.416 e. The molecule has 1 amide bonds. The highest BCUT2D eigenvalue weighted by Crippen LogP contribution is 2.32. The van der Waals surface area contributed by atoms with E-state index >= 15 is 0 Å². The number of anilines is 1. The number of hydrogen-bond acceptors (Lipinski definition) is 2. The highest BCUT2D eigenvalue weighted by Gasteiger charge is 2.31. The maximum atomic E-state index is 12.6. The molecule has 2 rings (SSSR count). The first-order valence-electron chi connectivity index (χ1n) is 5.08. The molecule has 0 saturated carbocycles. The van der Waals surface area contributed by atoms with Gasteiger partial charge in [0.15, 0.2) is 0 Å². The molecular formula is C12H7BrF3NOS. The quantitative estimate of drug-likeness (QED) is 0.830. The summed E-state index contributed by atoms with van der Waals surface area (Å²) >= 11 is 4.46. The van der Waals surface area contributed by atoms with Crippen LogP contribution in [0.5, 0.6) is 0 Å². The third-order valence-electron chi connectivity index (χ3n) is 2.32. The minimum Gasteiger partial charge on any atom is -0.321 e. The van der Waals surface area contributed by atoms with E-state index in [1.54, 1.807) is 16.8 Å². The van der Waals surface area contributed by atoms with E-state index in [2.05, 4.69) is 21.2 Å². The Labute approximate surface area is 119 Å². The molecule has 1 aromatic carbocycles. The Bertz CT molecular complexity index is 596. The van der Waals surface area contributed by atoms with Crippen LogP contribution in [0.2, 0.25) is 0 Å². The molecular weight excluding hydrogens is 343 g/mol.